The number of nitrogens with zero attached hydrogens (tertiary/aromatic N) is 2. The van der Waals surface area contributed by atoms with Gasteiger partial charge in [-0.2, -0.15) is 4.31 Å². The number of sulfonamides is 1. The van der Waals surface area contributed by atoms with E-state index in [1.165, 1.54) is 15.6 Å². The van der Waals surface area contributed by atoms with Crippen LogP contribution in [-0.4, -0.2) is 75.5 Å². The third-order valence-electron chi connectivity index (χ3n) is 4.40. The number of nitrogens with one attached hydrogen (secondary N) is 1. The minimum absolute atomic E-state index is 0.194. The first-order chi connectivity index (χ1) is 11.6. The number of carbonyl (C=O) groups excluding carboxylic acids is 1. The van der Waals surface area contributed by atoms with Gasteiger partial charge in [0.2, 0.25) is 5.91 Å². The first kappa shape index (κ1) is 17.8. The van der Waals surface area contributed by atoms with Gasteiger partial charge in [0.05, 0.1) is 13.2 Å². The van der Waals surface area contributed by atoms with Crippen LogP contribution in [0, 0.1) is 0 Å². The molecule has 3 rings (SSSR count). The lowest BCUT2D eigenvalue weighted by Crippen LogP contribution is -2.48. The lowest BCUT2D eigenvalue weighted by atomic mass is 10.2. The van der Waals surface area contributed by atoms with E-state index < -0.39 is 16.1 Å². The molecule has 7 nitrogen and oxygen atoms in total. The molecular formula is C15H23N3O4S2. The third-order valence-corrected chi connectivity index (χ3v) is 7.68. The van der Waals surface area contributed by atoms with E-state index in [2.05, 4.69) is 10.2 Å². The number of rotatable bonds is 6. The molecule has 0 bridgehead atoms. The highest BCUT2D eigenvalue weighted by atomic mass is 32.2. The van der Waals surface area contributed by atoms with Gasteiger partial charge in [0.25, 0.3) is 10.0 Å². The highest BCUT2D eigenvalue weighted by Gasteiger charge is 2.39. The zero-order valence-electron chi connectivity index (χ0n) is 13.5. The highest BCUT2D eigenvalue weighted by molar-refractivity contribution is 7.91. The maximum atomic E-state index is 12.7. The fourth-order valence-electron chi connectivity index (χ4n) is 3.10. The van der Waals surface area contributed by atoms with Crippen LogP contribution in [0.1, 0.15) is 12.8 Å². The van der Waals surface area contributed by atoms with E-state index in [0.29, 0.717) is 30.1 Å². The number of hydrogen-bond acceptors (Lipinski definition) is 6. The van der Waals surface area contributed by atoms with E-state index >= 15 is 0 Å². The minimum atomic E-state index is -3.57. The van der Waals surface area contributed by atoms with Gasteiger partial charge in [-0.3, -0.25) is 9.69 Å². The van der Waals surface area contributed by atoms with Gasteiger partial charge >= 0.3 is 0 Å². The van der Waals surface area contributed by atoms with Crippen molar-refractivity contribution in [2.75, 3.05) is 45.9 Å². The smallest absolute Gasteiger partial charge is 0.253 e. The molecule has 134 valence electrons. The van der Waals surface area contributed by atoms with Crippen molar-refractivity contribution in [3.63, 3.8) is 0 Å². The Labute approximate surface area is 146 Å². The van der Waals surface area contributed by atoms with Gasteiger partial charge in [-0.05, 0) is 24.3 Å². The van der Waals surface area contributed by atoms with Crippen LogP contribution < -0.4 is 5.32 Å². The topological polar surface area (TPSA) is 79.0 Å². The summed E-state index contributed by atoms with van der Waals surface area (Å²) < 4.78 is 32.3. The number of amides is 1. The number of thiophene rings is 1. The molecule has 0 aliphatic carbocycles. The van der Waals surface area contributed by atoms with Crippen LogP contribution in [0.5, 0.6) is 0 Å². The maximum Gasteiger partial charge on any atom is 0.253 e. The predicted molar refractivity (Wildman–Crippen MR) is 91.5 cm³/mol. The summed E-state index contributed by atoms with van der Waals surface area (Å²) in [6, 6.07) is 2.71. The van der Waals surface area contributed by atoms with E-state index in [0.717, 1.165) is 32.8 Å². The van der Waals surface area contributed by atoms with Crippen LogP contribution in [0.4, 0.5) is 0 Å². The zero-order chi connectivity index (χ0) is 17.0. The van der Waals surface area contributed by atoms with E-state index in [-0.39, 0.29) is 5.91 Å². The van der Waals surface area contributed by atoms with Gasteiger partial charge in [-0.25, -0.2) is 8.42 Å². The molecule has 1 unspecified atom stereocenters. The molecule has 1 aromatic heterocycles. The molecule has 0 radical (unpaired) electrons. The molecular weight excluding hydrogens is 350 g/mol. The van der Waals surface area contributed by atoms with Crippen molar-refractivity contribution in [2.24, 2.45) is 0 Å². The van der Waals surface area contributed by atoms with Gasteiger partial charge < -0.3 is 10.1 Å². The normalized spacial score (nSPS) is 23.4. The van der Waals surface area contributed by atoms with Crippen molar-refractivity contribution in [1.82, 2.24) is 14.5 Å². The Morgan fingerprint density at radius 2 is 2.12 bits per heavy atom. The van der Waals surface area contributed by atoms with Crippen molar-refractivity contribution >= 4 is 27.3 Å². The van der Waals surface area contributed by atoms with Gasteiger partial charge in [-0.1, -0.05) is 6.07 Å². The minimum Gasteiger partial charge on any atom is -0.379 e. The lowest BCUT2D eigenvalue weighted by Gasteiger charge is -2.27. The summed E-state index contributed by atoms with van der Waals surface area (Å²) in [5.74, 6) is -0.194. The fourth-order valence-corrected chi connectivity index (χ4v) is 5.87. The molecule has 0 aromatic carbocycles. The standard InChI is InChI=1S/C15H23N3O4S2/c19-15(16-5-7-17-8-10-22-11-9-17)13-3-1-6-18(13)24(20,21)14-4-2-12-23-14/h2,4,12-13H,1,3,5-11H2,(H,16,19). The average molecular weight is 374 g/mol. The van der Waals surface area contributed by atoms with E-state index in [1.54, 1.807) is 17.5 Å². The number of ether oxygens (including phenoxy) is 1. The zero-order valence-corrected chi connectivity index (χ0v) is 15.2. The Morgan fingerprint density at radius 3 is 2.83 bits per heavy atom. The number of carbonyl (C=O) groups is 1. The molecule has 2 saturated heterocycles. The molecule has 1 aromatic rings. The largest absolute Gasteiger partial charge is 0.379 e. The molecule has 1 N–H and O–H groups in total. The molecule has 2 aliphatic rings. The van der Waals surface area contributed by atoms with Crippen LogP contribution in [0.15, 0.2) is 21.7 Å². The summed E-state index contributed by atoms with van der Waals surface area (Å²) in [5, 5.41) is 4.63. The Balaban J connectivity index is 1.55. The SMILES string of the molecule is O=C(NCCN1CCOCC1)C1CCCN1S(=O)(=O)c1cccs1. The summed E-state index contributed by atoms with van der Waals surface area (Å²) in [5.41, 5.74) is 0. The summed E-state index contributed by atoms with van der Waals surface area (Å²) in [7, 11) is -3.57. The fraction of sp³-hybridized carbons (Fsp3) is 0.667. The Hall–Kier alpha value is -1.00. The second kappa shape index (κ2) is 7.92. The molecule has 1 atom stereocenters. The van der Waals surface area contributed by atoms with Crippen molar-refractivity contribution < 1.29 is 17.9 Å². The summed E-state index contributed by atoms with van der Waals surface area (Å²) in [6.45, 7) is 4.90. The van der Waals surface area contributed by atoms with Gasteiger partial charge in [0.15, 0.2) is 0 Å². The molecule has 3 heterocycles. The number of morpholine rings is 1. The van der Waals surface area contributed by atoms with Crippen LogP contribution in [0.3, 0.4) is 0 Å². The third kappa shape index (κ3) is 3.97. The molecule has 9 heteroatoms. The van der Waals surface area contributed by atoms with Gasteiger partial charge in [0, 0.05) is 32.7 Å². The quantitative estimate of drug-likeness (QED) is 0.778. The van der Waals surface area contributed by atoms with Crippen molar-refractivity contribution in [3.8, 4) is 0 Å². The molecule has 24 heavy (non-hydrogen) atoms. The van der Waals surface area contributed by atoms with Crippen LogP contribution in [0.2, 0.25) is 0 Å². The van der Waals surface area contributed by atoms with E-state index in [9.17, 15) is 13.2 Å². The summed E-state index contributed by atoms with van der Waals surface area (Å²) in [6.07, 6.45) is 1.29. The molecule has 0 spiro atoms. The first-order valence-corrected chi connectivity index (χ1v) is 10.5. The monoisotopic (exact) mass is 373 g/mol. The number of hydrogen-bond donors (Lipinski definition) is 1. The highest BCUT2D eigenvalue weighted by Crippen LogP contribution is 2.28. The van der Waals surface area contributed by atoms with Gasteiger partial charge in [-0.15, -0.1) is 11.3 Å². The second-order valence-corrected chi connectivity index (χ2v) is 9.02. The Bertz CT molecular complexity index is 642. The Kier molecular flexibility index (Phi) is 5.88. The van der Waals surface area contributed by atoms with E-state index in [1.807, 2.05) is 0 Å². The first-order valence-electron chi connectivity index (χ1n) is 8.22. The van der Waals surface area contributed by atoms with Crippen LogP contribution in [-0.2, 0) is 19.6 Å². The van der Waals surface area contributed by atoms with Crippen molar-refractivity contribution in [2.45, 2.75) is 23.1 Å². The molecule has 2 aliphatic heterocycles. The molecule has 0 saturated carbocycles. The van der Waals surface area contributed by atoms with Crippen molar-refractivity contribution in [3.05, 3.63) is 17.5 Å². The predicted octanol–water partition coefficient (Wildman–Crippen LogP) is 0.350. The summed E-state index contributed by atoms with van der Waals surface area (Å²) in [4.78, 5) is 14.7. The van der Waals surface area contributed by atoms with Crippen molar-refractivity contribution in [1.29, 1.82) is 0 Å². The molecule has 1 amide bonds. The average Bonchev–Trinajstić information content (AvgIpc) is 3.28. The van der Waals surface area contributed by atoms with Gasteiger partial charge in [0.1, 0.15) is 10.3 Å². The van der Waals surface area contributed by atoms with E-state index in [4.69, 9.17) is 4.74 Å². The Morgan fingerprint density at radius 1 is 1.33 bits per heavy atom. The van der Waals surface area contributed by atoms with Crippen LogP contribution in [0.25, 0.3) is 0 Å². The lowest BCUT2D eigenvalue weighted by molar-refractivity contribution is -0.124. The maximum absolute atomic E-state index is 12.7. The summed E-state index contributed by atoms with van der Waals surface area (Å²) >= 11 is 1.19. The van der Waals surface area contributed by atoms with Crippen LogP contribution >= 0.6 is 11.3 Å². The molecule has 2 fully saturated rings. The second-order valence-electron chi connectivity index (χ2n) is 5.95.